The van der Waals surface area contributed by atoms with Crippen molar-refractivity contribution in [1.82, 2.24) is 24.3 Å². The summed E-state index contributed by atoms with van der Waals surface area (Å²) in [4.78, 5) is 31.1. The highest BCUT2D eigenvalue weighted by Gasteiger charge is 2.38. The summed E-state index contributed by atoms with van der Waals surface area (Å²) in [5.41, 5.74) is 1.59. The summed E-state index contributed by atoms with van der Waals surface area (Å²) in [6, 6.07) is 9.73. The number of likely N-dealkylation sites (N-methyl/N-ethyl adjacent to an activating group) is 1. The van der Waals surface area contributed by atoms with Gasteiger partial charge in [-0.25, -0.2) is 14.2 Å². The molecule has 2 saturated heterocycles. The molecule has 11 heteroatoms. The third kappa shape index (κ3) is 5.32. The lowest BCUT2D eigenvalue weighted by Gasteiger charge is -2.46. The highest BCUT2D eigenvalue weighted by Crippen LogP contribution is 2.42. The zero-order valence-electron chi connectivity index (χ0n) is 26.7. The van der Waals surface area contributed by atoms with Gasteiger partial charge in [-0.1, -0.05) is 29.8 Å². The summed E-state index contributed by atoms with van der Waals surface area (Å²) < 4.78 is 24.6. The van der Waals surface area contributed by atoms with Crippen molar-refractivity contribution in [1.29, 1.82) is 0 Å². The molecule has 234 valence electrons. The normalized spacial score (nSPS) is 19.8. The zero-order valence-corrected chi connectivity index (χ0v) is 27.5. The number of rotatable bonds is 4. The maximum atomic E-state index is 16.9. The van der Waals surface area contributed by atoms with Crippen LogP contribution in [0.25, 0.3) is 32.9 Å². The smallest absolute Gasteiger partial charge is 0.410 e. The van der Waals surface area contributed by atoms with Gasteiger partial charge in [0, 0.05) is 79.4 Å². The number of anilines is 2. The van der Waals surface area contributed by atoms with Gasteiger partial charge in [-0.05, 0) is 60.8 Å². The molecule has 2 aliphatic rings. The molecule has 2 aliphatic heterocycles. The molecule has 2 unspecified atom stereocenters. The van der Waals surface area contributed by atoms with Crippen LogP contribution < -0.4 is 9.80 Å². The van der Waals surface area contributed by atoms with E-state index in [9.17, 15) is 4.79 Å². The zero-order chi connectivity index (χ0) is 31.7. The second kappa shape index (κ2) is 11.1. The number of amides is 1. The second-order valence-corrected chi connectivity index (χ2v) is 13.9. The van der Waals surface area contributed by atoms with Gasteiger partial charge < -0.3 is 28.9 Å². The molecular formula is C33H41ClFN7O2. The molecule has 6 rings (SSSR count). The van der Waals surface area contributed by atoms with E-state index in [1.54, 1.807) is 11.0 Å². The van der Waals surface area contributed by atoms with E-state index in [2.05, 4.69) is 28.8 Å². The molecule has 0 spiro atoms. The Hall–Kier alpha value is -3.63. The Morgan fingerprint density at radius 2 is 1.80 bits per heavy atom. The van der Waals surface area contributed by atoms with Crippen LogP contribution in [-0.2, 0) is 11.8 Å². The SMILES string of the molecule is CC1CN(c2nc(N3CC(N(C)C)C3)nc3c(F)c(-c4cccc5ccn(C)c45)c(Cl)cc23)C(C)CN1C(=O)OC(C)(C)C. The van der Waals surface area contributed by atoms with Gasteiger partial charge in [0.05, 0.1) is 10.5 Å². The number of nitrogens with zero attached hydrogens (tertiary/aromatic N) is 7. The van der Waals surface area contributed by atoms with E-state index >= 15 is 4.39 Å². The Labute approximate surface area is 263 Å². The van der Waals surface area contributed by atoms with Crippen LogP contribution in [-0.4, -0.2) is 94.4 Å². The standard InChI is InChI=1S/C33H41ClFN7O2/c1-19-16-42(32(43)44-33(3,4)5)20(2)15-41(19)30-24-14-25(34)26(23-11-9-10-21-12-13-39(8)29(21)23)27(35)28(24)36-31(37-30)40-17-22(18-40)38(6)7/h9-14,19-20,22H,15-18H2,1-8H3. The van der Waals surface area contributed by atoms with Gasteiger partial charge in [0.15, 0.2) is 5.82 Å². The molecule has 2 aromatic carbocycles. The van der Waals surface area contributed by atoms with E-state index in [0.717, 1.165) is 24.0 Å². The average Bonchev–Trinajstić information content (AvgIpc) is 3.29. The molecule has 2 aromatic heterocycles. The fourth-order valence-electron chi connectivity index (χ4n) is 6.28. The minimum atomic E-state index is -0.591. The predicted molar refractivity (Wildman–Crippen MR) is 175 cm³/mol. The van der Waals surface area contributed by atoms with Crippen molar-refractivity contribution < 1.29 is 13.9 Å². The van der Waals surface area contributed by atoms with Crippen molar-refractivity contribution in [2.75, 3.05) is 50.1 Å². The van der Waals surface area contributed by atoms with Crippen molar-refractivity contribution in [3.05, 3.63) is 47.4 Å². The first-order valence-corrected chi connectivity index (χ1v) is 15.5. The Morgan fingerprint density at radius 1 is 1.07 bits per heavy atom. The van der Waals surface area contributed by atoms with Crippen LogP contribution in [0.5, 0.6) is 0 Å². The Balaban J connectivity index is 1.47. The van der Waals surface area contributed by atoms with Crippen molar-refractivity contribution in [3.63, 3.8) is 0 Å². The number of hydrogen-bond acceptors (Lipinski definition) is 7. The summed E-state index contributed by atoms with van der Waals surface area (Å²) in [6.07, 6.45) is 1.62. The van der Waals surface area contributed by atoms with E-state index in [1.165, 1.54) is 0 Å². The largest absolute Gasteiger partial charge is 0.444 e. The van der Waals surface area contributed by atoms with Crippen LogP contribution in [0.15, 0.2) is 36.5 Å². The quantitative estimate of drug-likeness (QED) is 0.270. The number of halogens is 2. The van der Waals surface area contributed by atoms with E-state index in [1.807, 2.05) is 76.7 Å². The Bertz CT molecular complexity index is 1740. The van der Waals surface area contributed by atoms with Crippen LogP contribution >= 0.6 is 11.6 Å². The summed E-state index contributed by atoms with van der Waals surface area (Å²) in [5.74, 6) is 0.638. The van der Waals surface area contributed by atoms with Gasteiger partial charge in [-0.15, -0.1) is 0 Å². The monoisotopic (exact) mass is 621 g/mol. The van der Waals surface area contributed by atoms with Crippen LogP contribution in [0, 0.1) is 5.82 Å². The first-order chi connectivity index (χ1) is 20.7. The third-order valence-electron chi connectivity index (χ3n) is 8.78. The average molecular weight is 622 g/mol. The van der Waals surface area contributed by atoms with Gasteiger partial charge >= 0.3 is 6.09 Å². The number of ether oxygens (including phenoxy) is 1. The van der Waals surface area contributed by atoms with E-state index in [-0.39, 0.29) is 23.7 Å². The summed E-state index contributed by atoms with van der Waals surface area (Å²) >= 11 is 6.95. The number of hydrogen-bond donors (Lipinski definition) is 0. The number of benzene rings is 2. The van der Waals surface area contributed by atoms with Crippen molar-refractivity contribution >= 4 is 51.3 Å². The minimum Gasteiger partial charge on any atom is -0.444 e. The first kappa shape index (κ1) is 30.4. The molecule has 44 heavy (non-hydrogen) atoms. The van der Waals surface area contributed by atoms with E-state index < -0.39 is 11.4 Å². The molecule has 4 heterocycles. The lowest BCUT2D eigenvalue weighted by molar-refractivity contribution is 0.0130. The third-order valence-corrected chi connectivity index (χ3v) is 9.08. The number of carbonyl (C=O) groups excluding carboxylic acids is 1. The molecule has 2 atom stereocenters. The summed E-state index contributed by atoms with van der Waals surface area (Å²) in [7, 11) is 6.06. The van der Waals surface area contributed by atoms with Crippen LogP contribution in [0.1, 0.15) is 34.6 Å². The number of fused-ring (bicyclic) bond motifs is 2. The van der Waals surface area contributed by atoms with Crippen LogP contribution in [0.2, 0.25) is 5.02 Å². The highest BCUT2D eigenvalue weighted by atomic mass is 35.5. The molecule has 0 aliphatic carbocycles. The lowest BCUT2D eigenvalue weighted by atomic mass is 9.99. The summed E-state index contributed by atoms with van der Waals surface area (Å²) in [5, 5.41) is 1.85. The van der Waals surface area contributed by atoms with Gasteiger partial charge in [0.25, 0.3) is 0 Å². The molecule has 4 aromatic rings. The molecule has 9 nitrogen and oxygen atoms in total. The topological polar surface area (TPSA) is 70.0 Å². The maximum Gasteiger partial charge on any atom is 0.410 e. The first-order valence-electron chi connectivity index (χ1n) is 15.1. The molecule has 0 N–H and O–H groups in total. The maximum absolute atomic E-state index is 16.9. The van der Waals surface area contributed by atoms with E-state index in [0.29, 0.717) is 52.4 Å². The molecule has 0 bridgehead atoms. The van der Waals surface area contributed by atoms with Crippen molar-refractivity contribution in [3.8, 4) is 11.1 Å². The van der Waals surface area contributed by atoms with Gasteiger partial charge in [-0.3, -0.25) is 0 Å². The van der Waals surface area contributed by atoms with E-state index in [4.69, 9.17) is 26.3 Å². The van der Waals surface area contributed by atoms with Gasteiger partial charge in [0.2, 0.25) is 5.95 Å². The van der Waals surface area contributed by atoms with Crippen LogP contribution in [0.4, 0.5) is 21.0 Å². The molecule has 0 radical (unpaired) electrons. The molecule has 1 amide bonds. The lowest BCUT2D eigenvalue weighted by Crippen LogP contribution is -2.59. The fraction of sp³-hybridized carbons (Fsp3) is 0.485. The number of aromatic nitrogens is 3. The number of piperazine rings is 1. The Kier molecular flexibility index (Phi) is 7.65. The van der Waals surface area contributed by atoms with Crippen LogP contribution in [0.3, 0.4) is 0 Å². The summed E-state index contributed by atoms with van der Waals surface area (Å²) in [6.45, 7) is 12.1. The second-order valence-electron chi connectivity index (χ2n) is 13.5. The molecule has 0 saturated carbocycles. The number of aryl methyl sites for hydroxylation is 1. The highest BCUT2D eigenvalue weighted by molar-refractivity contribution is 6.35. The van der Waals surface area contributed by atoms with Crippen molar-refractivity contribution in [2.24, 2.45) is 7.05 Å². The fourth-order valence-corrected chi connectivity index (χ4v) is 6.57. The van der Waals surface area contributed by atoms with Crippen molar-refractivity contribution in [2.45, 2.75) is 58.3 Å². The minimum absolute atomic E-state index is 0.116. The van der Waals surface area contributed by atoms with Gasteiger partial charge in [-0.2, -0.15) is 4.98 Å². The number of para-hydroxylation sites is 1. The molecule has 2 fully saturated rings. The predicted octanol–water partition coefficient (Wildman–Crippen LogP) is 6.17. The molecular weight excluding hydrogens is 581 g/mol. The number of carbonyl (C=O) groups is 1. The Morgan fingerprint density at radius 3 is 2.48 bits per heavy atom. The van der Waals surface area contributed by atoms with Gasteiger partial charge in [0.1, 0.15) is 16.9 Å².